The molecule has 0 spiro atoms. The number of carbonyl (C=O) groups excluding carboxylic acids is 4. The molecule has 2 saturated heterocycles. The van der Waals surface area contributed by atoms with E-state index in [9.17, 15) is 19.2 Å². The van der Waals surface area contributed by atoms with Gasteiger partial charge in [0.1, 0.15) is 11.5 Å². The molecule has 35 heavy (non-hydrogen) atoms. The average molecular weight is 475 g/mol. The molecule has 1 aliphatic carbocycles. The largest absolute Gasteiger partial charge is 0.495 e. The normalized spacial score (nSPS) is 23.6. The number of esters is 1. The van der Waals surface area contributed by atoms with Gasteiger partial charge < -0.3 is 14.4 Å². The number of nitrogens with zero attached hydrogens (tertiary/aromatic N) is 2. The van der Waals surface area contributed by atoms with Crippen molar-refractivity contribution in [3.63, 3.8) is 0 Å². The van der Waals surface area contributed by atoms with Crippen molar-refractivity contribution in [2.75, 3.05) is 23.5 Å². The topological polar surface area (TPSA) is 93.2 Å². The molecule has 3 aliphatic rings. The maximum atomic E-state index is 12.9. The zero-order valence-corrected chi connectivity index (χ0v) is 19.6. The van der Waals surface area contributed by atoms with Crippen LogP contribution in [0.2, 0.25) is 0 Å². The van der Waals surface area contributed by atoms with Crippen LogP contribution in [0.4, 0.5) is 11.4 Å². The van der Waals surface area contributed by atoms with Gasteiger partial charge in [0.05, 0.1) is 36.2 Å². The Morgan fingerprint density at radius 3 is 2.29 bits per heavy atom. The van der Waals surface area contributed by atoms with Crippen LogP contribution in [0, 0.1) is 24.7 Å². The second kappa shape index (κ2) is 9.02. The quantitative estimate of drug-likeness (QED) is 0.285. The van der Waals surface area contributed by atoms with E-state index < -0.39 is 11.9 Å². The number of carbonyl (C=O) groups is 4. The van der Waals surface area contributed by atoms with Gasteiger partial charge in [-0.05, 0) is 55.7 Å². The summed E-state index contributed by atoms with van der Waals surface area (Å²) in [6.45, 7) is 1.97. The maximum absolute atomic E-state index is 12.9. The minimum absolute atomic E-state index is 0.0432. The van der Waals surface area contributed by atoms with E-state index in [4.69, 9.17) is 9.47 Å². The third-order valence-corrected chi connectivity index (χ3v) is 6.97. The first-order chi connectivity index (χ1) is 16.9. The number of allylic oxidation sites excluding steroid dienone is 2. The molecule has 2 aliphatic heterocycles. The molecule has 2 aromatic rings. The molecule has 0 N–H and O–H groups in total. The Morgan fingerprint density at radius 2 is 1.63 bits per heavy atom. The summed E-state index contributed by atoms with van der Waals surface area (Å²) in [5.74, 6) is -1.43. The molecular weight excluding hydrogens is 448 g/mol. The number of anilines is 2. The number of rotatable bonds is 5. The van der Waals surface area contributed by atoms with E-state index in [-0.39, 0.29) is 42.5 Å². The molecule has 3 atom stereocenters. The molecule has 2 heterocycles. The molecule has 0 saturated carbocycles. The van der Waals surface area contributed by atoms with Crippen molar-refractivity contribution < 1.29 is 28.7 Å². The van der Waals surface area contributed by atoms with Crippen LogP contribution >= 0.6 is 0 Å². The Hall–Kier alpha value is -3.94. The highest BCUT2D eigenvalue weighted by atomic mass is 16.5. The zero-order valence-electron chi connectivity index (χ0n) is 19.6. The lowest BCUT2D eigenvalue weighted by Crippen LogP contribution is -2.31. The van der Waals surface area contributed by atoms with E-state index >= 15 is 0 Å². The van der Waals surface area contributed by atoms with Crippen molar-refractivity contribution in [1.29, 1.82) is 0 Å². The molecule has 2 fully saturated rings. The number of hydrogen-bond acceptors (Lipinski definition) is 6. The first-order valence-corrected chi connectivity index (χ1v) is 11.7. The highest BCUT2D eigenvalue weighted by molar-refractivity contribution is 6.22. The van der Waals surface area contributed by atoms with Crippen LogP contribution < -0.4 is 19.3 Å². The Kier molecular flexibility index (Phi) is 5.88. The summed E-state index contributed by atoms with van der Waals surface area (Å²) in [5, 5.41) is 0. The summed E-state index contributed by atoms with van der Waals surface area (Å²) in [7, 11) is 1.53. The number of aryl methyl sites for hydroxylation is 1. The molecule has 5 rings (SSSR count). The van der Waals surface area contributed by atoms with Gasteiger partial charge in [-0.1, -0.05) is 24.3 Å². The molecular formula is C27H26N2O6. The number of para-hydroxylation sites is 2. The summed E-state index contributed by atoms with van der Waals surface area (Å²) in [5.41, 5.74) is 1.78. The second-order valence-corrected chi connectivity index (χ2v) is 9.11. The van der Waals surface area contributed by atoms with Crippen LogP contribution in [0.3, 0.4) is 0 Å². The summed E-state index contributed by atoms with van der Waals surface area (Å²) < 4.78 is 10.9. The van der Waals surface area contributed by atoms with Gasteiger partial charge in [0.2, 0.25) is 17.7 Å². The Bertz CT molecular complexity index is 1230. The lowest BCUT2D eigenvalue weighted by atomic mass is 9.85. The van der Waals surface area contributed by atoms with E-state index in [0.29, 0.717) is 41.3 Å². The molecule has 8 heteroatoms. The molecule has 3 amide bonds. The van der Waals surface area contributed by atoms with E-state index in [1.54, 1.807) is 37.3 Å². The average Bonchev–Trinajstić information content (AvgIpc) is 3.37. The fourth-order valence-corrected chi connectivity index (χ4v) is 5.13. The molecule has 2 aromatic carbocycles. The molecule has 0 bridgehead atoms. The summed E-state index contributed by atoms with van der Waals surface area (Å²) in [6.07, 6.45) is 5.10. The third kappa shape index (κ3) is 3.99. The van der Waals surface area contributed by atoms with E-state index in [2.05, 4.69) is 0 Å². The van der Waals surface area contributed by atoms with Crippen LogP contribution in [-0.4, -0.2) is 37.3 Å². The van der Waals surface area contributed by atoms with Gasteiger partial charge in [-0.15, -0.1) is 0 Å². The van der Waals surface area contributed by atoms with Gasteiger partial charge in [-0.3, -0.25) is 19.2 Å². The van der Waals surface area contributed by atoms with E-state index in [1.807, 2.05) is 24.3 Å². The number of hydrogen-bond donors (Lipinski definition) is 0. The smallest absolute Gasteiger partial charge is 0.316 e. The predicted octanol–water partition coefficient (Wildman–Crippen LogP) is 3.42. The van der Waals surface area contributed by atoms with Crippen LogP contribution in [0.5, 0.6) is 11.5 Å². The van der Waals surface area contributed by atoms with Gasteiger partial charge in [0.15, 0.2) is 0 Å². The van der Waals surface area contributed by atoms with Crippen LogP contribution in [0.15, 0.2) is 54.6 Å². The Morgan fingerprint density at radius 1 is 0.943 bits per heavy atom. The summed E-state index contributed by atoms with van der Waals surface area (Å²) in [6, 6.07) is 12.0. The highest BCUT2D eigenvalue weighted by Gasteiger charge is 2.48. The minimum atomic E-state index is -0.621. The number of benzene rings is 2. The number of amides is 3. The molecule has 0 aromatic heterocycles. The maximum Gasteiger partial charge on any atom is 0.316 e. The third-order valence-electron chi connectivity index (χ3n) is 6.97. The first kappa shape index (κ1) is 22.8. The summed E-state index contributed by atoms with van der Waals surface area (Å²) >= 11 is 0. The van der Waals surface area contributed by atoms with Crippen LogP contribution in [0.1, 0.15) is 24.8 Å². The van der Waals surface area contributed by atoms with Gasteiger partial charge >= 0.3 is 5.97 Å². The van der Waals surface area contributed by atoms with Crippen molar-refractivity contribution in [2.24, 2.45) is 17.8 Å². The van der Waals surface area contributed by atoms with Gasteiger partial charge in [0.25, 0.3) is 0 Å². The number of methoxy groups -OCH3 is 1. The second-order valence-electron chi connectivity index (χ2n) is 9.11. The molecule has 180 valence electrons. The monoisotopic (exact) mass is 474 g/mol. The van der Waals surface area contributed by atoms with Crippen molar-refractivity contribution in [3.05, 3.63) is 60.2 Å². The van der Waals surface area contributed by atoms with Crippen molar-refractivity contribution >= 4 is 35.1 Å². The van der Waals surface area contributed by atoms with Crippen molar-refractivity contribution in [2.45, 2.75) is 26.2 Å². The van der Waals surface area contributed by atoms with E-state index in [1.165, 1.54) is 16.9 Å². The minimum Gasteiger partial charge on any atom is -0.495 e. The van der Waals surface area contributed by atoms with E-state index in [0.717, 1.165) is 0 Å². The van der Waals surface area contributed by atoms with Crippen LogP contribution in [0.25, 0.3) is 0 Å². The standard InChI is InChI=1S/C27H26N2O6/c1-16-13-18(11-12-21(16)29-25(31)19-7-3-4-8-20(19)26(29)32)35-27(33)17-14-24(30)28(15-17)22-9-5-6-10-23(22)34-2/h3-6,9-13,17,19-20H,7-8,14-15H2,1-2H3/t17-,19+,20+/m1/s1. The fourth-order valence-electron chi connectivity index (χ4n) is 5.13. The first-order valence-electron chi connectivity index (χ1n) is 11.7. The highest BCUT2D eigenvalue weighted by Crippen LogP contribution is 2.39. The lowest BCUT2D eigenvalue weighted by Gasteiger charge is -2.19. The van der Waals surface area contributed by atoms with Crippen molar-refractivity contribution in [3.8, 4) is 11.5 Å². The summed E-state index contributed by atoms with van der Waals surface area (Å²) in [4.78, 5) is 54.1. The zero-order chi connectivity index (χ0) is 24.7. The lowest BCUT2D eigenvalue weighted by molar-refractivity contribution is -0.139. The SMILES string of the molecule is COc1ccccc1N1C[C@H](C(=O)Oc2ccc(N3C(=O)[C@H]4CC=CC[C@@H]4C3=O)c(C)c2)CC1=O. The Balaban J connectivity index is 1.29. The Labute approximate surface area is 203 Å². The number of imide groups is 1. The molecule has 0 unspecified atom stereocenters. The van der Waals surface area contributed by atoms with Gasteiger partial charge in [0, 0.05) is 13.0 Å². The molecule has 8 nitrogen and oxygen atoms in total. The van der Waals surface area contributed by atoms with Crippen LogP contribution in [-0.2, 0) is 19.2 Å². The van der Waals surface area contributed by atoms with Crippen molar-refractivity contribution in [1.82, 2.24) is 0 Å². The fraction of sp³-hybridized carbons (Fsp3) is 0.333. The molecule has 0 radical (unpaired) electrons. The number of fused-ring (bicyclic) bond motifs is 1. The van der Waals surface area contributed by atoms with Gasteiger partial charge in [-0.2, -0.15) is 0 Å². The van der Waals surface area contributed by atoms with Gasteiger partial charge in [-0.25, -0.2) is 4.90 Å². The number of ether oxygens (including phenoxy) is 2. The predicted molar refractivity (Wildman–Crippen MR) is 128 cm³/mol.